The Bertz CT molecular complexity index is 576. The molecule has 0 saturated carbocycles. The van der Waals surface area contributed by atoms with Crippen LogP contribution in [0.1, 0.15) is 32.0 Å². The van der Waals surface area contributed by atoms with Gasteiger partial charge in [-0.15, -0.1) is 0 Å². The predicted molar refractivity (Wildman–Crippen MR) is 81.6 cm³/mol. The lowest BCUT2D eigenvalue weighted by atomic mass is 10.1. The first kappa shape index (κ1) is 15.4. The fourth-order valence-electron chi connectivity index (χ4n) is 1.75. The summed E-state index contributed by atoms with van der Waals surface area (Å²) >= 11 is 0. The molecule has 1 aromatic carbocycles. The van der Waals surface area contributed by atoms with Gasteiger partial charge in [-0.25, -0.2) is 4.39 Å². The molecular formula is C17H21FN2O. The van der Waals surface area contributed by atoms with E-state index in [1.165, 1.54) is 12.1 Å². The Balaban J connectivity index is 1.87. The standard InChI is InChI=1S/C17H21FN2O/c1-17(2,3)20-10-15-7-8-16(11-19-15)21-12-13-5-4-6-14(18)9-13/h4-9,11,20H,10,12H2,1-3H3. The minimum absolute atomic E-state index is 0.0637. The maximum Gasteiger partial charge on any atom is 0.138 e. The van der Waals surface area contributed by atoms with Gasteiger partial charge in [-0.1, -0.05) is 12.1 Å². The van der Waals surface area contributed by atoms with Gasteiger partial charge in [-0.2, -0.15) is 0 Å². The van der Waals surface area contributed by atoms with Crippen molar-refractivity contribution in [3.05, 3.63) is 59.7 Å². The maximum atomic E-state index is 13.1. The van der Waals surface area contributed by atoms with Crippen LogP contribution in [-0.4, -0.2) is 10.5 Å². The maximum absolute atomic E-state index is 13.1. The van der Waals surface area contributed by atoms with E-state index in [9.17, 15) is 4.39 Å². The summed E-state index contributed by atoms with van der Waals surface area (Å²) in [5.41, 5.74) is 1.82. The molecule has 1 heterocycles. The van der Waals surface area contributed by atoms with Gasteiger partial charge >= 0.3 is 0 Å². The number of rotatable bonds is 5. The number of nitrogens with zero attached hydrogens (tertiary/aromatic N) is 1. The van der Waals surface area contributed by atoms with E-state index in [1.807, 2.05) is 18.2 Å². The van der Waals surface area contributed by atoms with Crippen LogP contribution in [0.5, 0.6) is 5.75 Å². The highest BCUT2D eigenvalue weighted by molar-refractivity contribution is 5.21. The Kier molecular flexibility index (Phi) is 4.91. The molecule has 1 aromatic heterocycles. The average molecular weight is 288 g/mol. The summed E-state index contributed by atoms with van der Waals surface area (Å²) in [5.74, 6) is 0.427. The Morgan fingerprint density at radius 3 is 2.62 bits per heavy atom. The van der Waals surface area contributed by atoms with E-state index in [2.05, 4.69) is 31.1 Å². The molecule has 0 aliphatic carbocycles. The van der Waals surface area contributed by atoms with Crippen LogP contribution >= 0.6 is 0 Å². The van der Waals surface area contributed by atoms with Gasteiger partial charge in [0.1, 0.15) is 18.2 Å². The Morgan fingerprint density at radius 2 is 2.00 bits per heavy atom. The van der Waals surface area contributed by atoms with Crippen LogP contribution in [0.2, 0.25) is 0 Å². The molecule has 0 radical (unpaired) electrons. The number of hydrogen-bond donors (Lipinski definition) is 1. The molecule has 0 saturated heterocycles. The molecule has 21 heavy (non-hydrogen) atoms. The SMILES string of the molecule is CC(C)(C)NCc1ccc(OCc2cccc(F)c2)cn1. The Hall–Kier alpha value is -1.94. The topological polar surface area (TPSA) is 34.1 Å². The summed E-state index contributed by atoms with van der Waals surface area (Å²) in [7, 11) is 0. The minimum Gasteiger partial charge on any atom is -0.487 e. The number of ether oxygens (including phenoxy) is 1. The highest BCUT2D eigenvalue weighted by atomic mass is 19.1. The molecule has 0 amide bonds. The second-order valence-corrected chi connectivity index (χ2v) is 6.01. The first-order valence-electron chi connectivity index (χ1n) is 6.99. The summed E-state index contributed by atoms with van der Waals surface area (Å²) in [6.45, 7) is 7.39. The third-order valence-corrected chi connectivity index (χ3v) is 2.89. The van der Waals surface area contributed by atoms with E-state index in [0.29, 0.717) is 18.9 Å². The molecule has 3 nitrogen and oxygen atoms in total. The second-order valence-electron chi connectivity index (χ2n) is 6.01. The molecule has 0 aliphatic heterocycles. The lowest BCUT2D eigenvalue weighted by molar-refractivity contribution is 0.304. The van der Waals surface area contributed by atoms with Crippen LogP contribution in [0.25, 0.3) is 0 Å². The van der Waals surface area contributed by atoms with E-state index >= 15 is 0 Å². The summed E-state index contributed by atoms with van der Waals surface area (Å²) in [4.78, 5) is 4.35. The van der Waals surface area contributed by atoms with Gasteiger partial charge in [-0.3, -0.25) is 4.98 Å². The van der Waals surface area contributed by atoms with Crippen LogP contribution in [0.3, 0.4) is 0 Å². The van der Waals surface area contributed by atoms with Crippen molar-refractivity contribution in [1.29, 1.82) is 0 Å². The largest absolute Gasteiger partial charge is 0.487 e. The molecule has 1 N–H and O–H groups in total. The van der Waals surface area contributed by atoms with Gasteiger partial charge in [0.15, 0.2) is 0 Å². The summed E-state index contributed by atoms with van der Waals surface area (Å²) < 4.78 is 18.6. The van der Waals surface area contributed by atoms with Crippen LogP contribution in [0, 0.1) is 5.82 Å². The molecule has 4 heteroatoms. The van der Waals surface area contributed by atoms with Gasteiger partial charge in [0.2, 0.25) is 0 Å². The summed E-state index contributed by atoms with van der Waals surface area (Å²) in [6.07, 6.45) is 1.69. The van der Waals surface area contributed by atoms with Gasteiger partial charge < -0.3 is 10.1 Å². The second kappa shape index (κ2) is 6.68. The van der Waals surface area contributed by atoms with Crippen molar-refractivity contribution < 1.29 is 9.13 Å². The zero-order valence-electron chi connectivity index (χ0n) is 12.7. The van der Waals surface area contributed by atoms with E-state index in [4.69, 9.17) is 4.74 Å². The fourth-order valence-corrected chi connectivity index (χ4v) is 1.75. The quantitative estimate of drug-likeness (QED) is 0.911. The zero-order valence-corrected chi connectivity index (χ0v) is 12.7. The third-order valence-electron chi connectivity index (χ3n) is 2.89. The molecule has 0 unspecified atom stereocenters. The normalized spacial score (nSPS) is 11.4. The fraction of sp³-hybridized carbons (Fsp3) is 0.353. The average Bonchev–Trinajstić information content (AvgIpc) is 2.43. The van der Waals surface area contributed by atoms with Gasteiger partial charge in [-0.05, 0) is 50.6 Å². The van der Waals surface area contributed by atoms with Crippen molar-refractivity contribution in [2.24, 2.45) is 0 Å². The summed E-state index contributed by atoms with van der Waals surface area (Å²) in [6, 6.07) is 10.2. The smallest absolute Gasteiger partial charge is 0.138 e. The number of pyridine rings is 1. The van der Waals surface area contributed by atoms with Crippen molar-refractivity contribution in [3.8, 4) is 5.75 Å². The monoisotopic (exact) mass is 288 g/mol. The van der Waals surface area contributed by atoms with Crippen molar-refractivity contribution in [2.75, 3.05) is 0 Å². The first-order chi connectivity index (χ1) is 9.92. The van der Waals surface area contributed by atoms with Crippen LogP contribution in [-0.2, 0) is 13.2 Å². The lowest BCUT2D eigenvalue weighted by Crippen LogP contribution is -2.35. The van der Waals surface area contributed by atoms with Crippen molar-refractivity contribution in [2.45, 2.75) is 39.5 Å². The van der Waals surface area contributed by atoms with Gasteiger partial charge in [0.25, 0.3) is 0 Å². The molecule has 2 aromatic rings. The Morgan fingerprint density at radius 1 is 1.19 bits per heavy atom. The molecule has 0 spiro atoms. The number of nitrogens with one attached hydrogen (secondary N) is 1. The van der Waals surface area contributed by atoms with Crippen molar-refractivity contribution in [3.63, 3.8) is 0 Å². The highest BCUT2D eigenvalue weighted by Crippen LogP contribution is 2.13. The Labute approximate surface area is 125 Å². The first-order valence-corrected chi connectivity index (χ1v) is 6.99. The molecule has 2 rings (SSSR count). The number of halogens is 1. The third kappa shape index (κ3) is 5.52. The van der Waals surface area contributed by atoms with Gasteiger partial charge in [0.05, 0.1) is 11.9 Å². The minimum atomic E-state index is -0.252. The van der Waals surface area contributed by atoms with Gasteiger partial charge in [0, 0.05) is 12.1 Å². The van der Waals surface area contributed by atoms with Crippen molar-refractivity contribution >= 4 is 0 Å². The molecule has 0 atom stereocenters. The van der Waals surface area contributed by atoms with Crippen LogP contribution in [0.15, 0.2) is 42.6 Å². The molecule has 0 fully saturated rings. The summed E-state index contributed by atoms with van der Waals surface area (Å²) in [5, 5.41) is 3.38. The van der Waals surface area contributed by atoms with Crippen molar-refractivity contribution in [1.82, 2.24) is 10.3 Å². The number of benzene rings is 1. The lowest BCUT2D eigenvalue weighted by Gasteiger charge is -2.20. The van der Waals surface area contributed by atoms with E-state index in [-0.39, 0.29) is 11.4 Å². The predicted octanol–water partition coefficient (Wildman–Crippen LogP) is 3.69. The number of aromatic nitrogens is 1. The molecular weight excluding hydrogens is 267 g/mol. The molecule has 0 aliphatic rings. The van der Waals surface area contributed by atoms with Crippen LogP contribution < -0.4 is 10.1 Å². The molecule has 0 bridgehead atoms. The van der Waals surface area contributed by atoms with E-state index in [0.717, 1.165) is 11.3 Å². The highest BCUT2D eigenvalue weighted by Gasteiger charge is 2.08. The van der Waals surface area contributed by atoms with E-state index < -0.39 is 0 Å². The zero-order chi connectivity index (χ0) is 15.3. The van der Waals surface area contributed by atoms with E-state index in [1.54, 1.807) is 12.3 Å². The molecule has 112 valence electrons. The number of hydrogen-bond acceptors (Lipinski definition) is 3. The van der Waals surface area contributed by atoms with Crippen LogP contribution in [0.4, 0.5) is 4.39 Å².